The summed E-state index contributed by atoms with van der Waals surface area (Å²) in [6.45, 7) is 3.20. The Morgan fingerprint density at radius 2 is 1.78 bits per heavy atom. The van der Waals surface area contributed by atoms with E-state index in [9.17, 15) is 9.59 Å². The molecule has 1 saturated heterocycles. The summed E-state index contributed by atoms with van der Waals surface area (Å²) < 4.78 is 0. The van der Waals surface area contributed by atoms with Crippen LogP contribution in [0.5, 0.6) is 0 Å². The van der Waals surface area contributed by atoms with Gasteiger partial charge < -0.3 is 14.9 Å². The van der Waals surface area contributed by atoms with Crippen LogP contribution in [-0.4, -0.2) is 69.5 Å². The number of amides is 1. The van der Waals surface area contributed by atoms with Gasteiger partial charge in [-0.05, 0) is 12.1 Å². The van der Waals surface area contributed by atoms with Crippen LogP contribution in [0.1, 0.15) is 28.5 Å². The average Bonchev–Trinajstić information content (AvgIpc) is 2.99. The summed E-state index contributed by atoms with van der Waals surface area (Å²) >= 11 is 0. The van der Waals surface area contributed by atoms with E-state index in [2.05, 4.69) is 19.8 Å². The topological polar surface area (TPSA) is 89.9 Å². The number of hydrogen-bond acceptors (Lipinski definition) is 6. The Kier molecular flexibility index (Phi) is 4.72. The number of fused-ring (bicyclic) bond motifs is 1. The maximum Gasteiger partial charge on any atom is 0.305 e. The summed E-state index contributed by atoms with van der Waals surface area (Å²) in [5.41, 5.74) is 1.62. The van der Waals surface area contributed by atoms with E-state index in [1.807, 2.05) is 24.3 Å². The highest BCUT2D eigenvalue weighted by Gasteiger charge is 2.40. The third-order valence-electron chi connectivity index (χ3n) is 5.09. The first kappa shape index (κ1) is 17.4. The highest BCUT2D eigenvalue weighted by atomic mass is 16.4. The number of nitrogens with zero attached hydrogens (tertiary/aromatic N) is 5. The van der Waals surface area contributed by atoms with E-state index in [0.717, 1.165) is 31.7 Å². The molecule has 8 nitrogen and oxygen atoms in total. The van der Waals surface area contributed by atoms with E-state index in [1.165, 1.54) is 0 Å². The molecular formula is C19H21N5O3. The normalized spacial score (nSPS) is 20.0. The largest absolute Gasteiger partial charge is 0.481 e. The number of rotatable bonds is 5. The zero-order valence-electron chi connectivity index (χ0n) is 14.9. The second-order valence-corrected chi connectivity index (χ2v) is 6.68. The van der Waals surface area contributed by atoms with Gasteiger partial charge in [0.05, 0.1) is 6.42 Å². The lowest BCUT2D eigenvalue weighted by Crippen LogP contribution is -2.51. The quantitative estimate of drug-likeness (QED) is 0.850. The summed E-state index contributed by atoms with van der Waals surface area (Å²) in [5, 5.41) is 9.06. The molecule has 1 N–H and O–H groups in total. The van der Waals surface area contributed by atoms with E-state index in [-0.39, 0.29) is 25.0 Å². The van der Waals surface area contributed by atoms with Gasteiger partial charge in [0.15, 0.2) is 0 Å². The number of aliphatic carboxylic acids is 1. The first-order valence-electron chi connectivity index (χ1n) is 9.03. The van der Waals surface area contributed by atoms with Crippen LogP contribution < -0.4 is 4.90 Å². The molecule has 1 fully saturated rings. The predicted molar refractivity (Wildman–Crippen MR) is 98.3 cm³/mol. The van der Waals surface area contributed by atoms with Crippen molar-refractivity contribution in [1.82, 2.24) is 19.8 Å². The van der Waals surface area contributed by atoms with Crippen molar-refractivity contribution in [2.45, 2.75) is 12.6 Å². The van der Waals surface area contributed by atoms with Gasteiger partial charge in [-0.2, -0.15) is 0 Å². The number of hydrogen-bond donors (Lipinski definition) is 1. The molecule has 2 aliphatic rings. The van der Waals surface area contributed by atoms with E-state index in [4.69, 9.17) is 5.11 Å². The van der Waals surface area contributed by atoms with E-state index in [0.29, 0.717) is 11.5 Å². The Hall–Kier alpha value is -3.00. The fourth-order valence-electron chi connectivity index (χ4n) is 3.81. The van der Waals surface area contributed by atoms with Crippen molar-refractivity contribution in [2.75, 3.05) is 37.6 Å². The zero-order valence-corrected chi connectivity index (χ0v) is 14.9. The summed E-state index contributed by atoms with van der Waals surface area (Å²) in [6.07, 6.45) is 3.18. The lowest BCUT2D eigenvalue weighted by molar-refractivity contribution is -0.137. The average molecular weight is 367 g/mol. The SMILES string of the molecule is O=C(O)CCN1C(=O)c2ccccc2C1N1CCN(c2ncccn2)CC1. The fourth-order valence-corrected chi connectivity index (χ4v) is 3.81. The van der Waals surface area contributed by atoms with E-state index >= 15 is 0 Å². The second-order valence-electron chi connectivity index (χ2n) is 6.68. The number of carbonyl (C=O) groups is 2. The summed E-state index contributed by atoms with van der Waals surface area (Å²) in [5.74, 6) is -0.281. The number of benzene rings is 1. The summed E-state index contributed by atoms with van der Waals surface area (Å²) in [4.78, 5) is 38.5. The minimum atomic E-state index is -0.899. The molecule has 1 aromatic carbocycles. The molecule has 1 amide bonds. The molecule has 1 aromatic heterocycles. The van der Waals surface area contributed by atoms with Crippen LogP contribution in [0.2, 0.25) is 0 Å². The number of aromatic nitrogens is 2. The first-order valence-corrected chi connectivity index (χ1v) is 9.03. The maximum atomic E-state index is 12.8. The Balaban J connectivity index is 1.53. The molecular weight excluding hydrogens is 346 g/mol. The van der Waals surface area contributed by atoms with Crippen LogP contribution in [0.3, 0.4) is 0 Å². The van der Waals surface area contributed by atoms with Crippen molar-refractivity contribution in [3.63, 3.8) is 0 Å². The Bertz CT molecular complexity index is 836. The van der Waals surface area contributed by atoms with Crippen molar-refractivity contribution in [1.29, 1.82) is 0 Å². The molecule has 0 aliphatic carbocycles. The summed E-state index contributed by atoms with van der Waals surface area (Å²) in [7, 11) is 0. The molecule has 27 heavy (non-hydrogen) atoms. The smallest absolute Gasteiger partial charge is 0.305 e. The van der Waals surface area contributed by atoms with Gasteiger partial charge in [-0.25, -0.2) is 9.97 Å². The van der Waals surface area contributed by atoms with Crippen molar-refractivity contribution in [2.24, 2.45) is 0 Å². The Labute approximate surface area is 157 Å². The Morgan fingerprint density at radius 1 is 1.07 bits per heavy atom. The van der Waals surface area contributed by atoms with Crippen molar-refractivity contribution >= 4 is 17.8 Å². The van der Waals surface area contributed by atoms with E-state index in [1.54, 1.807) is 23.4 Å². The van der Waals surface area contributed by atoms with E-state index < -0.39 is 5.97 Å². The number of carboxylic acids is 1. The highest BCUT2D eigenvalue weighted by Crippen LogP contribution is 2.36. The van der Waals surface area contributed by atoms with Crippen molar-refractivity contribution < 1.29 is 14.7 Å². The molecule has 0 spiro atoms. The molecule has 0 bridgehead atoms. The lowest BCUT2D eigenvalue weighted by Gasteiger charge is -2.41. The molecule has 2 aromatic rings. The van der Waals surface area contributed by atoms with Crippen LogP contribution in [0.25, 0.3) is 0 Å². The third kappa shape index (κ3) is 3.35. The molecule has 3 heterocycles. The van der Waals surface area contributed by atoms with Gasteiger partial charge in [0.25, 0.3) is 5.91 Å². The van der Waals surface area contributed by atoms with Crippen LogP contribution >= 0.6 is 0 Å². The molecule has 0 saturated carbocycles. The summed E-state index contributed by atoms with van der Waals surface area (Å²) in [6, 6.07) is 9.35. The van der Waals surface area contributed by atoms with Gasteiger partial charge >= 0.3 is 5.97 Å². The lowest BCUT2D eigenvalue weighted by atomic mass is 10.1. The fraction of sp³-hybridized carbons (Fsp3) is 0.368. The highest BCUT2D eigenvalue weighted by molar-refractivity contribution is 5.99. The second kappa shape index (κ2) is 7.32. The standard InChI is InChI=1S/C19H21N5O3/c25-16(26)6-9-24-17(14-4-1-2-5-15(14)18(24)27)22-10-12-23(13-11-22)19-20-7-3-8-21-19/h1-5,7-8,17H,6,9-13H2,(H,25,26). The van der Waals surface area contributed by atoms with Gasteiger partial charge in [-0.1, -0.05) is 18.2 Å². The Morgan fingerprint density at radius 3 is 2.48 bits per heavy atom. The zero-order chi connectivity index (χ0) is 18.8. The molecule has 1 atom stereocenters. The van der Waals surface area contributed by atoms with Crippen LogP contribution in [0.4, 0.5) is 5.95 Å². The third-order valence-corrected chi connectivity index (χ3v) is 5.09. The van der Waals surface area contributed by atoms with Gasteiger partial charge in [-0.3, -0.25) is 14.5 Å². The molecule has 0 radical (unpaired) electrons. The predicted octanol–water partition coefficient (Wildman–Crippen LogP) is 1.23. The van der Waals surface area contributed by atoms with Crippen LogP contribution in [0.15, 0.2) is 42.7 Å². The molecule has 1 unspecified atom stereocenters. The van der Waals surface area contributed by atoms with Gasteiger partial charge in [0, 0.05) is 56.2 Å². The van der Waals surface area contributed by atoms with Gasteiger partial charge in [0.1, 0.15) is 6.17 Å². The number of piperazine rings is 1. The minimum Gasteiger partial charge on any atom is -0.481 e. The first-order chi connectivity index (χ1) is 13.1. The van der Waals surface area contributed by atoms with Crippen LogP contribution in [-0.2, 0) is 4.79 Å². The number of anilines is 1. The monoisotopic (exact) mass is 367 g/mol. The molecule has 2 aliphatic heterocycles. The minimum absolute atomic E-state index is 0.0615. The molecule has 4 rings (SSSR count). The molecule has 8 heteroatoms. The maximum absolute atomic E-state index is 12.8. The van der Waals surface area contributed by atoms with Crippen molar-refractivity contribution in [3.05, 3.63) is 53.9 Å². The number of carboxylic acid groups (broad SMARTS) is 1. The molecule has 140 valence electrons. The van der Waals surface area contributed by atoms with Crippen LogP contribution in [0, 0.1) is 0 Å². The van der Waals surface area contributed by atoms with Gasteiger partial charge in [0.2, 0.25) is 5.95 Å². The van der Waals surface area contributed by atoms with Gasteiger partial charge in [-0.15, -0.1) is 0 Å². The number of carbonyl (C=O) groups excluding carboxylic acids is 1. The van der Waals surface area contributed by atoms with Crippen molar-refractivity contribution in [3.8, 4) is 0 Å².